The second-order valence-electron chi connectivity index (χ2n) is 2.65. The smallest absolute Gasteiger partial charge is 0.274 e. The molecule has 2 aromatic rings. The second kappa shape index (κ2) is 2.48. The van der Waals surface area contributed by atoms with E-state index in [4.69, 9.17) is 0 Å². The van der Waals surface area contributed by atoms with E-state index in [1.807, 2.05) is 13.1 Å². The highest BCUT2D eigenvalue weighted by molar-refractivity contribution is 5.41. The number of nitrogens with zero attached hydrogens (tertiary/aromatic N) is 2. The summed E-state index contributed by atoms with van der Waals surface area (Å²) in [5.74, 6) is 0. The lowest BCUT2D eigenvalue weighted by atomic mass is 10.3. The first-order valence-electron chi connectivity index (χ1n) is 3.85. The van der Waals surface area contributed by atoms with Gasteiger partial charge in [0.1, 0.15) is 5.52 Å². The summed E-state index contributed by atoms with van der Waals surface area (Å²) in [6.07, 6.45) is 5.88. The zero-order valence-corrected chi connectivity index (χ0v) is 6.74. The molecule has 0 fully saturated rings. The summed E-state index contributed by atoms with van der Waals surface area (Å²) in [6.45, 7) is 1.99. The number of hydrogen-bond donors (Lipinski definition) is 1. The molecule has 0 saturated heterocycles. The molecule has 0 aliphatic rings. The van der Waals surface area contributed by atoms with Gasteiger partial charge < -0.3 is 4.98 Å². The van der Waals surface area contributed by atoms with Gasteiger partial charge in [-0.05, 0) is 6.42 Å². The summed E-state index contributed by atoms with van der Waals surface area (Å²) < 4.78 is 1.73. The molecule has 2 aromatic heterocycles. The van der Waals surface area contributed by atoms with Crippen LogP contribution in [0.25, 0.3) is 5.52 Å². The van der Waals surface area contributed by atoms with E-state index >= 15 is 0 Å². The molecule has 0 aliphatic carbocycles. The molecule has 2 rings (SSSR count). The third-order valence-electron chi connectivity index (χ3n) is 1.85. The Kier molecular flexibility index (Phi) is 1.46. The molecular formula is C8H9N3O. The summed E-state index contributed by atoms with van der Waals surface area (Å²) in [6, 6.07) is 0. The lowest BCUT2D eigenvalue weighted by Crippen LogP contribution is -2.11. The van der Waals surface area contributed by atoms with Crippen LogP contribution in [-0.2, 0) is 6.42 Å². The molecule has 0 atom stereocenters. The van der Waals surface area contributed by atoms with E-state index in [0.29, 0.717) is 5.52 Å². The third-order valence-corrected chi connectivity index (χ3v) is 1.85. The Bertz CT molecular complexity index is 455. The maximum Gasteiger partial charge on any atom is 0.274 e. The maximum atomic E-state index is 11.3. The lowest BCUT2D eigenvalue weighted by Gasteiger charge is -1.97. The van der Waals surface area contributed by atoms with Crippen molar-refractivity contribution in [2.24, 2.45) is 0 Å². The van der Waals surface area contributed by atoms with Crippen LogP contribution in [0, 0.1) is 0 Å². The average molecular weight is 163 g/mol. The van der Waals surface area contributed by atoms with Gasteiger partial charge in [0.15, 0.2) is 0 Å². The minimum atomic E-state index is -0.0770. The first-order chi connectivity index (χ1) is 5.81. The fourth-order valence-corrected chi connectivity index (χ4v) is 1.17. The Hall–Kier alpha value is -1.58. The average Bonchev–Trinajstić information content (AvgIpc) is 2.52. The van der Waals surface area contributed by atoms with Crippen LogP contribution in [0.3, 0.4) is 0 Å². The van der Waals surface area contributed by atoms with E-state index < -0.39 is 0 Å². The molecule has 2 heterocycles. The Morgan fingerprint density at radius 1 is 1.67 bits per heavy atom. The highest BCUT2D eigenvalue weighted by Crippen LogP contribution is 1.97. The molecule has 0 amide bonds. The topological polar surface area (TPSA) is 50.2 Å². The van der Waals surface area contributed by atoms with Gasteiger partial charge in [-0.25, -0.2) is 4.98 Å². The van der Waals surface area contributed by atoms with Gasteiger partial charge in [0.25, 0.3) is 5.56 Å². The Morgan fingerprint density at radius 3 is 3.25 bits per heavy atom. The molecule has 12 heavy (non-hydrogen) atoms. The zero-order chi connectivity index (χ0) is 8.55. The van der Waals surface area contributed by atoms with Crippen LogP contribution in [0.1, 0.15) is 12.6 Å². The molecule has 4 nitrogen and oxygen atoms in total. The second-order valence-corrected chi connectivity index (χ2v) is 2.65. The predicted octanol–water partition coefficient (Wildman–Crippen LogP) is 0.585. The van der Waals surface area contributed by atoms with Crippen LogP contribution < -0.4 is 5.56 Å². The summed E-state index contributed by atoms with van der Waals surface area (Å²) in [7, 11) is 0. The molecule has 0 radical (unpaired) electrons. The fourth-order valence-electron chi connectivity index (χ4n) is 1.17. The highest BCUT2D eigenvalue weighted by atomic mass is 16.1. The number of H-pyrrole nitrogens is 1. The predicted molar refractivity (Wildman–Crippen MR) is 45.2 cm³/mol. The number of imidazole rings is 1. The van der Waals surface area contributed by atoms with Gasteiger partial charge in [-0.3, -0.25) is 9.20 Å². The Labute approximate surface area is 68.9 Å². The van der Waals surface area contributed by atoms with E-state index in [9.17, 15) is 4.79 Å². The number of rotatable bonds is 1. The number of nitrogens with one attached hydrogen (secondary N) is 1. The van der Waals surface area contributed by atoms with Crippen molar-refractivity contribution in [1.82, 2.24) is 14.4 Å². The summed E-state index contributed by atoms with van der Waals surface area (Å²) in [5, 5.41) is 0. The van der Waals surface area contributed by atoms with Crippen LogP contribution >= 0.6 is 0 Å². The van der Waals surface area contributed by atoms with Crippen LogP contribution in [0.4, 0.5) is 0 Å². The van der Waals surface area contributed by atoms with Crippen molar-refractivity contribution in [3.8, 4) is 0 Å². The number of aromatic nitrogens is 3. The zero-order valence-electron chi connectivity index (χ0n) is 6.74. The molecule has 0 spiro atoms. The minimum Gasteiger partial charge on any atom is -0.323 e. The minimum absolute atomic E-state index is 0.0770. The first-order valence-corrected chi connectivity index (χ1v) is 3.85. The van der Waals surface area contributed by atoms with Gasteiger partial charge in [0.2, 0.25) is 0 Å². The largest absolute Gasteiger partial charge is 0.323 e. The number of hydrogen-bond acceptors (Lipinski definition) is 2. The van der Waals surface area contributed by atoms with Crippen molar-refractivity contribution in [2.75, 3.05) is 0 Å². The fraction of sp³-hybridized carbons (Fsp3) is 0.250. The first kappa shape index (κ1) is 7.09. The molecule has 0 aromatic carbocycles. The van der Waals surface area contributed by atoms with Crippen LogP contribution in [0.15, 0.2) is 23.5 Å². The number of aromatic amines is 1. The van der Waals surface area contributed by atoms with Gasteiger partial charge >= 0.3 is 0 Å². The maximum absolute atomic E-state index is 11.3. The molecule has 1 N–H and O–H groups in total. The van der Waals surface area contributed by atoms with Gasteiger partial charge in [0.05, 0.1) is 12.5 Å². The molecule has 0 aliphatic heterocycles. The van der Waals surface area contributed by atoms with E-state index in [-0.39, 0.29) is 5.56 Å². The number of aryl methyl sites for hydroxylation is 1. The van der Waals surface area contributed by atoms with Crippen molar-refractivity contribution in [3.05, 3.63) is 34.8 Å². The van der Waals surface area contributed by atoms with Crippen molar-refractivity contribution in [2.45, 2.75) is 13.3 Å². The summed E-state index contributed by atoms with van der Waals surface area (Å²) >= 11 is 0. The van der Waals surface area contributed by atoms with Crippen molar-refractivity contribution >= 4 is 5.52 Å². The monoisotopic (exact) mass is 163 g/mol. The normalized spacial score (nSPS) is 10.8. The van der Waals surface area contributed by atoms with E-state index in [1.54, 1.807) is 16.9 Å². The van der Waals surface area contributed by atoms with Crippen molar-refractivity contribution < 1.29 is 0 Å². The summed E-state index contributed by atoms with van der Waals surface area (Å²) in [4.78, 5) is 18.0. The van der Waals surface area contributed by atoms with E-state index in [0.717, 1.165) is 12.1 Å². The molecule has 0 unspecified atom stereocenters. The number of fused-ring (bicyclic) bond motifs is 1. The van der Waals surface area contributed by atoms with Crippen molar-refractivity contribution in [3.63, 3.8) is 0 Å². The van der Waals surface area contributed by atoms with Crippen LogP contribution in [0.5, 0.6) is 0 Å². The Morgan fingerprint density at radius 2 is 2.50 bits per heavy atom. The molecule has 4 heteroatoms. The van der Waals surface area contributed by atoms with Crippen molar-refractivity contribution in [1.29, 1.82) is 0 Å². The standard InChI is InChI=1S/C8H9N3O/c1-2-6-4-11-5-9-3-7(11)8(12)10-6/h3-5H,2H2,1H3,(H,10,12). The van der Waals surface area contributed by atoms with Gasteiger partial charge in [-0.1, -0.05) is 6.92 Å². The quantitative estimate of drug-likeness (QED) is 0.668. The third kappa shape index (κ3) is 0.922. The molecule has 62 valence electrons. The molecule has 0 bridgehead atoms. The van der Waals surface area contributed by atoms with Gasteiger partial charge in [-0.2, -0.15) is 0 Å². The summed E-state index contributed by atoms with van der Waals surface area (Å²) in [5.41, 5.74) is 1.43. The van der Waals surface area contributed by atoms with Gasteiger partial charge in [-0.15, -0.1) is 0 Å². The SMILES string of the molecule is CCc1cn2cncc2c(=O)[nH]1. The highest BCUT2D eigenvalue weighted by Gasteiger charge is 1.99. The van der Waals surface area contributed by atoms with Crippen LogP contribution in [-0.4, -0.2) is 14.4 Å². The van der Waals surface area contributed by atoms with Gasteiger partial charge in [0, 0.05) is 11.9 Å². The Balaban J connectivity index is 2.84. The van der Waals surface area contributed by atoms with E-state index in [2.05, 4.69) is 9.97 Å². The van der Waals surface area contributed by atoms with Crippen LogP contribution in [0.2, 0.25) is 0 Å². The van der Waals surface area contributed by atoms with E-state index in [1.165, 1.54) is 0 Å². The molecular weight excluding hydrogens is 154 g/mol. The molecule has 0 saturated carbocycles. The lowest BCUT2D eigenvalue weighted by molar-refractivity contribution is 0.960.